The molecule has 0 bridgehead atoms. The highest BCUT2D eigenvalue weighted by Gasteiger charge is 2.19. The molecule has 2 aromatic carbocycles. The first-order valence-corrected chi connectivity index (χ1v) is 9.68. The van der Waals surface area contributed by atoms with Gasteiger partial charge in [0.2, 0.25) is 5.12 Å². The van der Waals surface area contributed by atoms with Crippen molar-refractivity contribution >= 4 is 29.1 Å². The monoisotopic (exact) mass is 401 g/mol. The molecule has 2 rings (SSSR count). The molecule has 1 amide bonds. The van der Waals surface area contributed by atoms with E-state index in [4.69, 9.17) is 9.47 Å². The van der Waals surface area contributed by atoms with Crippen LogP contribution in [0.2, 0.25) is 0 Å². The quantitative estimate of drug-likeness (QED) is 0.484. The zero-order valence-electron chi connectivity index (χ0n) is 15.7. The lowest BCUT2D eigenvalue weighted by Gasteiger charge is -2.19. The minimum Gasteiger partial charge on any atom is -0.461 e. The molecule has 0 heterocycles. The van der Waals surface area contributed by atoms with Gasteiger partial charge in [0.15, 0.2) is 0 Å². The second-order valence-electron chi connectivity index (χ2n) is 5.97. The summed E-state index contributed by atoms with van der Waals surface area (Å²) in [6, 6.07) is 18.7. The molecule has 2 aromatic rings. The second kappa shape index (κ2) is 11.8. The molecule has 0 saturated heterocycles. The Hall–Kier alpha value is -2.80. The zero-order valence-corrected chi connectivity index (χ0v) is 16.5. The average molecular weight is 401 g/mol. The van der Waals surface area contributed by atoms with E-state index in [0.717, 1.165) is 23.1 Å². The highest BCUT2D eigenvalue weighted by atomic mass is 32.2. The third-order valence-corrected chi connectivity index (χ3v) is 4.44. The Morgan fingerprint density at radius 2 is 1.39 bits per heavy atom. The number of hydrogen-bond acceptors (Lipinski definition) is 6. The molecule has 0 aliphatic carbocycles. The molecule has 7 heteroatoms. The highest BCUT2D eigenvalue weighted by Crippen LogP contribution is 2.15. The number of rotatable bonds is 8. The third kappa shape index (κ3) is 8.26. The molecular weight excluding hydrogens is 378 g/mol. The van der Waals surface area contributed by atoms with Gasteiger partial charge in [-0.05, 0) is 17.5 Å². The molecular formula is C21H23NO5S. The molecule has 0 N–H and O–H groups in total. The molecule has 0 fully saturated rings. The Bertz CT molecular complexity index is 767. The first-order valence-electron chi connectivity index (χ1n) is 8.91. The summed E-state index contributed by atoms with van der Waals surface area (Å²) in [5.74, 6) is -0.353. The lowest BCUT2D eigenvalue weighted by atomic mass is 10.2. The Kier molecular flexibility index (Phi) is 9.07. The van der Waals surface area contributed by atoms with Gasteiger partial charge in [-0.15, -0.1) is 0 Å². The van der Waals surface area contributed by atoms with Crippen molar-refractivity contribution in [3.8, 4) is 0 Å². The minimum absolute atomic E-state index is 0.119. The van der Waals surface area contributed by atoms with Crippen molar-refractivity contribution in [3.63, 3.8) is 0 Å². The zero-order chi connectivity index (χ0) is 20.2. The van der Waals surface area contributed by atoms with Crippen LogP contribution in [0.25, 0.3) is 0 Å². The number of amides is 1. The largest absolute Gasteiger partial charge is 0.461 e. The first-order chi connectivity index (χ1) is 13.5. The van der Waals surface area contributed by atoms with Gasteiger partial charge < -0.3 is 9.47 Å². The smallest absolute Gasteiger partial charge is 0.420 e. The number of benzene rings is 2. The summed E-state index contributed by atoms with van der Waals surface area (Å²) in [4.78, 5) is 35.5. The minimum atomic E-state index is -0.610. The van der Waals surface area contributed by atoms with E-state index in [9.17, 15) is 14.4 Å². The fourth-order valence-corrected chi connectivity index (χ4v) is 2.96. The van der Waals surface area contributed by atoms with Crippen LogP contribution < -0.4 is 0 Å². The Labute approximate surface area is 169 Å². The molecule has 148 valence electrons. The van der Waals surface area contributed by atoms with Crippen LogP contribution in [-0.4, -0.2) is 28.0 Å². The normalized spacial score (nSPS) is 10.2. The highest BCUT2D eigenvalue weighted by molar-refractivity contribution is 8.11. The predicted octanol–water partition coefficient (Wildman–Crippen LogP) is 4.34. The fourth-order valence-electron chi connectivity index (χ4n) is 2.30. The second-order valence-corrected chi connectivity index (χ2v) is 7.17. The number of nitrogens with zero attached hydrogens (tertiary/aromatic N) is 1. The van der Waals surface area contributed by atoms with E-state index in [0.29, 0.717) is 6.42 Å². The molecule has 0 unspecified atom stereocenters. The van der Waals surface area contributed by atoms with Gasteiger partial charge >= 0.3 is 12.1 Å². The maximum Gasteiger partial charge on any atom is 0.420 e. The number of ether oxygens (including phenoxy) is 2. The third-order valence-electron chi connectivity index (χ3n) is 3.63. The average Bonchev–Trinajstić information content (AvgIpc) is 2.71. The van der Waals surface area contributed by atoms with E-state index in [2.05, 4.69) is 0 Å². The molecule has 0 aliphatic rings. The van der Waals surface area contributed by atoms with Crippen LogP contribution in [-0.2, 0) is 32.3 Å². The van der Waals surface area contributed by atoms with E-state index in [1.54, 1.807) is 0 Å². The lowest BCUT2D eigenvalue weighted by molar-refractivity contribution is -0.145. The van der Waals surface area contributed by atoms with Gasteiger partial charge in [-0.2, -0.15) is 0 Å². The van der Waals surface area contributed by atoms with Gasteiger partial charge in [-0.25, -0.2) is 9.10 Å². The first kappa shape index (κ1) is 21.5. The van der Waals surface area contributed by atoms with Gasteiger partial charge in [0.25, 0.3) is 0 Å². The number of hydrogen-bond donors (Lipinski definition) is 0. The van der Waals surface area contributed by atoms with Crippen LogP contribution in [0.1, 0.15) is 30.9 Å². The summed E-state index contributed by atoms with van der Waals surface area (Å²) in [5, 5.41) is -0.233. The summed E-state index contributed by atoms with van der Waals surface area (Å²) >= 11 is 0.772. The Balaban J connectivity index is 1.75. The van der Waals surface area contributed by atoms with Crippen molar-refractivity contribution in [3.05, 3.63) is 71.8 Å². The van der Waals surface area contributed by atoms with E-state index >= 15 is 0 Å². The van der Waals surface area contributed by atoms with Crippen LogP contribution in [0.4, 0.5) is 4.79 Å². The van der Waals surface area contributed by atoms with E-state index in [-0.39, 0.29) is 37.3 Å². The Morgan fingerprint density at radius 1 is 0.857 bits per heavy atom. The van der Waals surface area contributed by atoms with E-state index < -0.39 is 6.09 Å². The molecule has 6 nitrogen and oxygen atoms in total. The van der Waals surface area contributed by atoms with Crippen LogP contribution in [0.15, 0.2) is 60.7 Å². The Morgan fingerprint density at radius 3 is 1.93 bits per heavy atom. The van der Waals surface area contributed by atoms with Crippen molar-refractivity contribution in [2.75, 3.05) is 6.54 Å². The summed E-state index contributed by atoms with van der Waals surface area (Å²) in [5.41, 5.74) is 1.77. The van der Waals surface area contributed by atoms with Gasteiger partial charge in [-0.3, -0.25) is 9.59 Å². The maximum absolute atomic E-state index is 12.3. The molecule has 0 aromatic heterocycles. The summed E-state index contributed by atoms with van der Waals surface area (Å²) in [6.07, 6.45) is -0.0936. The van der Waals surface area contributed by atoms with Crippen molar-refractivity contribution in [1.29, 1.82) is 0 Å². The summed E-state index contributed by atoms with van der Waals surface area (Å²) < 4.78 is 11.7. The SMILES string of the molecule is CC(=O)SN(CCCC(=O)OCc1ccccc1)C(=O)OCc1ccccc1. The van der Waals surface area contributed by atoms with Crippen molar-refractivity contribution in [2.24, 2.45) is 0 Å². The van der Waals surface area contributed by atoms with Crippen LogP contribution >= 0.6 is 11.9 Å². The summed E-state index contributed by atoms with van der Waals surface area (Å²) in [6.45, 7) is 1.91. The van der Waals surface area contributed by atoms with Crippen molar-refractivity contribution in [1.82, 2.24) is 4.31 Å². The van der Waals surface area contributed by atoms with Crippen molar-refractivity contribution < 1.29 is 23.9 Å². The number of carbonyl (C=O) groups excluding carboxylic acids is 3. The molecule has 0 saturated carbocycles. The topological polar surface area (TPSA) is 72.9 Å². The maximum atomic E-state index is 12.3. The van der Waals surface area contributed by atoms with Gasteiger partial charge in [-0.1, -0.05) is 60.7 Å². The van der Waals surface area contributed by atoms with Crippen LogP contribution in [0.3, 0.4) is 0 Å². The van der Waals surface area contributed by atoms with Gasteiger partial charge in [0.05, 0.1) is 0 Å². The molecule has 0 spiro atoms. The molecule has 28 heavy (non-hydrogen) atoms. The standard InChI is InChI=1S/C21H23NO5S/c1-17(23)28-22(21(25)27-16-19-11-6-3-7-12-19)14-8-13-20(24)26-15-18-9-4-2-5-10-18/h2-7,9-12H,8,13-16H2,1H3. The van der Waals surface area contributed by atoms with Gasteiger partial charge in [0.1, 0.15) is 13.2 Å². The van der Waals surface area contributed by atoms with E-state index in [1.807, 2.05) is 60.7 Å². The summed E-state index contributed by atoms with van der Waals surface area (Å²) in [7, 11) is 0. The number of carbonyl (C=O) groups is 3. The number of esters is 1. The lowest BCUT2D eigenvalue weighted by Crippen LogP contribution is -2.28. The fraction of sp³-hybridized carbons (Fsp3) is 0.286. The van der Waals surface area contributed by atoms with Crippen LogP contribution in [0.5, 0.6) is 0 Å². The van der Waals surface area contributed by atoms with Gasteiger partial charge in [0, 0.05) is 31.8 Å². The molecule has 0 aliphatic heterocycles. The molecule has 0 atom stereocenters. The molecule has 0 radical (unpaired) electrons. The predicted molar refractivity (Wildman–Crippen MR) is 107 cm³/mol. The van der Waals surface area contributed by atoms with E-state index in [1.165, 1.54) is 11.2 Å². The van der Waals surface area contributed by atoms with Crippen LogP contribution in [0, 0.1) is 0 Å². The van der Waals surface area contributed by atoms with Crippen molar-refractivity contribution in [2.45, 2.75) is 33.0 Å².